The lowest BCUT2D eigenvalue weighted by Gasteiger charge is -2.20. The quantitative estimate of drug-likeness (QED) is 0.607. The molecule has 19 heavy (non-hydrogen) atoms. The molecular formula is C14H21N3O2. The number of rotatable bonds is 5. The van der Waals surface area contributed by atoms with Crippen LogP contribution in [0.3, 0.4) is 0 Å². The van der Waals surface area contributed by atoms with Crippen LogP contribution in [0.15, 0.2) is 12.1 Å². The first-order chi connectivity index (χ1) is 9.10. The molecule has 0 saturated carbocycles. The number of aryl methyl sites for hydroxylation is 1. The molecule has 0 saturated heterocycles. The van der Waals surface area contributed by atoms with Crippen molar-refractivity contribution < 1.29 is 9.90 Å². The van der Waals surface area contributed by atoms with Gasteiger partial charge < -0.3 is 21.5 Å². The van der Waals surface area contributed by atoms with Gasteiger partial charge in [-0.1, -0.05) is 6.92 Å². The predicted octanol–water partition coefficient (Wildman–Crippen LogP) is 1.58. The van der Waals surface area contributed by atoms with Crippen LogP contribution in [-0.2, 0) is 11.2 Å². The Bertz CT molecular complexity index is 474. The number of aliphatic hydroxyl groups is 1. The number of carbonyl (C=O) groups is 1. The summed E-state index contributed by atoms with van der Waals surface area (Å²) in [5.41, 5.74) is 9.49. The Morgan fingerprint density at radius 1 is 1.47 bits per heavy atom. The number of nitrogens with one attached hydrogen (secondary N) is 2. The number of nitrogen functional groups attached to an aromatic ring is 1. The Labute approximate surface area is 113 Å². The summed E-state index contributed by atoms with van der Waals surface area (Å²) in [5, 5.41) is 15.0. The van der Waals surface area contributed by atoms with E-state index in [1.165, 1.54) is 0 Å². The van der Waals surface area contributed by atoms with Crippen molar-refractivity contribution in [1.82, 2.24) is 0 Å². The lowest BCUT2D eigenvalue weighted by Crippen LogP contribution is -2.20. The van der Waals surface area contributed by atoms with Gasteiger partial charge in [0.25, 0.3) is 0 Å². The van der Waals surface area contributed by atoms with Crippen LogP contribution in [0, 0.1) is 5.92 Å². The third kappa shape index (κ3) is 3.38. The number of aliphatic hydroxyl groups excluding tert-OH is 1. The van der Waals surface area contributed by atoms with Crippen LogP contribution >= 0.6 is 0 Å². The minimum Gasteiger partial charge on any atom is -0.397 e. The van der Waals surface area contributed by atoms with Gasteiger partial charge in [-0.15, -0.1) is 0 Å². The number of anilines is 3. The summed E-state index contributed by atoms with van der Waals surface area (Å²) in [6, 6.07) is 3.82. The van der Waals surface area contributed by atoms with E-state index >= 15 is 0 Å². The third-order valence-electron chi connectivity index (χ3n) is 3.43. The van der Waals surface area contributed by atoms with Gasteiger partial charge in [0.15, 0.2) is 0 Å². The van der Waals surface area contributed by atoms with Gasteiger partial charge in [0.05, 0.1) is 11.4 Å². The second-order valence-electron chi connectivity index (χ2n) is 5.14. The van der Waals surface area contributed by atoms with Crippen molar-refractivity contribution in [3.05, 3.63) is 17.7 Å². The van der Waals surface area contributed by atoms with Crippen molar-refractivity contribution in [3.63, 3.8) is 0 Å². The van der Waals surface area contributed by atoms with E-state index in [1.54, 1.807) is 0 Å². The molecule has 5 nitrogen and oxygen atoms in total. The highest BCUT2D eigenvalue weighted by molar-refractivity contribution is 5.95. The van der Waals surface area contributed by atoms with Gasteiger partial charge >= 0.3 is 0 Å². The molecule has 5 N–H and O–H groups in total. The molecule has 5 heteroatoms. The topological polar surface area (TPSA) is 87.4 Å². The number of carbonyl (C=O) groups excluding carboxylic acids is 1. The summed E-state index contributed by atoms with van der Waals surface area (Å²) >= 11 is 0. The van der Waals surface area contributed by atoms with Gasteiger partial charge in [0.2, 0.25) is 5.91 Å². The van der Waals surface area contributed by atoms with Crippen molar-refractivity contribution in [2.24, 2.45) is 5.92 Å². The van der Waals surface area contributed by atoms with E-state index in [1.807, 2.05) is 12.1 Å². The van der Waals surface area contributed by atoms with E-state index < -0.39 is 0 Å². The highest BCUT2D eigenvalue weighted by Crippen LogP contribution is 2.31. The fourth-order valence-electron chi connectivity index (χ4n) is 2.21. The molecule has 1 aliphatic heterocycles. The van der Waals surface area contributed by atoms with E-state index in [2.05, 4.69) is 17.6 Å². The number of nitrogens with two attached hydrogens (primary N) is 1. The molecule has 104 valence electrons. The van der Waals surface area contributed by atoms with Gasteiger partial charge in [-0.25, -0.2) is 0 Å². The predicted molar refractivity (Wildman–Crippen MR) is 77.2 cm³/mol. The molecular weight excluding hydrogens is 242 g/mol. The summed E-state index contributed by atoms with van der Waals surface area (Å²) in [4.78, 5) is 11.4. The van der Waals surface area contributed by atoms with Crippen LogP contribution in [0.5, 0.6) is 0 Å². The zero-order valence-corrected chi connectivity index (χ0v) is 11.2. The van der Waals surface area contributed by atoms with Crippen LogP contribution in [0.25, 0.3) is 0 Å². The lowest BCUT2D eigenvalue weighted by atomic mass is 10.0. The van der Waals surface area contributed by atoms with Crippen molar-refractivity contribution in [2.45, 2.75) is 26.2 Å². The monoisotopic (exact) mass is 263 g/mol. The van der Waals surface area contributed by atoms with E-state index in [9.17, 15) is 4.79 Å². The Hall–Kier alpha value is -1.75. The van der Waals surface area contributed by atoms with Crippen LogP contribution in [0.4, 0.5) is 17.1 Å². The number of hydrogen-bond donors (Lipinski definition) is 4. The van der Waals surface area contributed by atoms with Crippen LogP contribution in [0.2, 0.25) is 0 Å². The summed E-state index contributed by atoms with van der Waals surface area (Å²) in [6.07, 6.45) is 2.02. The molecule has 1 atom stereocenters. The maximum absolute atomic E-state index is 11.4. The minimum atomic E-state index is 0.0527. The van der Waals surface area contributed by atoms with Gasteiger partial charge in [-0.05, 0) is 36.5 Å². The van der Waals surface area contributed by atoms with Crippen molar-refractivity contribution in [3.8, 4) is 0 Å². The highest BCUT2D eigenvalue weighted by Gasteiger charge is 2.16. The van der Waals surface area contributed by atoms with Crippen LogP contribution < -0.4 is 16.4 Å². The molecule has 1 amide bonds. The average Bonchev–Trinajstić information content (AvgIpc) is 2.37. The number of amides is 1. The van der Waals surface area contributed by atoms with Gasteiger partial charge in [-0.2, -0.15) is 0 Å². The molecule has 0 bridgehead atoms. The highest BCUT2D eigenvalue weighted by atomic mass is 16.3. The molecule has 0 fully saturated rings. The summed E-state index contributed by atoms with van der Waals surface area (Å²) in [7, 11) is 0. The average molecular weight is 263 g/mol. The fraction of sp³-hybridized carbons (Fsp3) is 0.500. The van der Waals surface area contributed by atoms with Crippen LogP contribution in [-0.4, -0.2) is 24.2 Å². The van der Waals surface area contributed by atoms with E-state index in [-0.39, 0.29) is 12.5 Å². The minimum absolute atomic E-state index is 0.0527. The Kier molecular flexibility index (Phi) is 4.27. The summed E-state index contributed by atoms with van der Waals surface area (Å²) < 4.78 is 0. The first-order valence-corrected chi connectivity index (χ1v) is 6.67. The molecule has 1 aromatic rings. The fourth-order valence-corrected chi connectivity index (χ4v) is 2.21. The third-order valence-corrected chi connectivity index (χ3v) is 3.43. The molecule has 0 spiro atoms. The first kappa shape index (κ1) is 13.7. The molecule has 2 rings (SSSR count). The summed E-state index contributed by atoms with van der Waals surface area (Å²) in [6.45, 7) is 3.01. The SMILES string of the molecule is CC(CCO)CNc1cc2c(cc1N)CCC(=O)N2. The van der Waals surface area contributed by atoms with Crippen molar-refractivity contribution in [2.75, 3.05) is 29.5 Å². The number of hydrogen-bond acceptors (Lipinski definition) is 4. The normalized spacial score (nSPS) is 15.6. The molecule has 0 aromatic heterocycles. The number of fused-ring (bicyclic) bond motifs is 1. The van der Waals surface area contributed by atoms with Gasteiger partial charge in [0.1, 0.15) is 0 Å². The Morgan fingerprint density at radius 3 is 3.00 bits per heavy atom. The number of benzene rings is 1. The first-order valence-electron chi connectivity index (χ1n) is 6.67. The Morgan fingerprint density at radius 2 is 2.26 bits per heavy atom. The Balaban J connectivity index is 2.08. The van der Waals surface area contributed by atoms with Gasteiger partial charge in [0, 0.05) is 25.3 Å². The maximum Gasteiger partial charge on any atom is 0.224 e. The lowest BCUT2D eigenvalue weighted by molar-refractivity contribution is -0.116. The summed E-state index contributed by atoms with van der Waals surface area (Å²) in [5.74, 6) is 0.423. The zero-order valence-electron chi connectivity index (χ0n) is 11.2. The standard InChI is InChI=1S/C14H21N3O2/c1-9(4-5-18)8-16-13-7-12-10(6-11(13)15)2-3-14(19)17-12/h6-7,9,16,18H,2-5,8,15H2,1H3,(H,17,19). The second kappa shape index (κ2) is 5.93. The molecule has 0 radical (unpaired) electrons. The van der Waals surface area contributed by atoms with Crippen molar-refractivity contribution in [1.29, 1.82) is 0 Å². The second-order valence-corrected chi connectivity index (χ2v) is 5.14. The molecule has 0 aliphatic carbocycles. The van der Waals surface area contributed by atoms with Crippen molar-refractivity contribution >= 4 is 23.0 Å². The van der Waals surface area contributed by atoms with E-state index in [4.69, 9.17) is 10.8 Å². The molecule has 1 heterocycles. The molecule has 1 aliphatic rings. The molecule has 1 unspecified atom stereocenters. The smallest absolute Gasteiger partial charge is 0.224 e. The maximum atomic E-state index is 11.4. The van der Waals surface area contributed by atoms with Gasteiger partial charge in [-0.3, -0.25) is 4.79 Å². The van der Waals surface area contributed by atoms with E-state index in [0.717, 1.165) is 36.3 Å². The zero-order chi connectivity index (χ0) is 13.8. The largest absolute Gasteiger partial charge is 0.397 e. The van der Waals surface area contributed by atoms with Crippen LogP contribution in [0.1, 0.15) is 25.3 Å². The molecule has 1 aromatic carbocycles. The van der Waals surface area contributed by atoms with E-state index in [0.29, 0.717) is 18.0 Å².